The third-order valence-corrected chi connectivity index (χ3v) is 2.57. The van der Waals surface area contributed by atoms with Crippen molar-refractivity contribution in [2.75, 3.05) is 13.6 Å². The van der Waals surface area contributed by atoms with E-state index in [1.54, 1.807) is 0 Å². The highest BCUT2D eigenvalue weighted by Crippen LogP contribution is 2.11. The molecule has 4 nitrogen and oxygen atoms in total. The molecule has 1 atom stereocenters. The Bertz CT molecular complexity index is 307. The SMILES string of the molecule is CNCC(O)Cn1nc(C)c(C)c1C. The van der Waals surface area contributed by atoms with Gasteiger partial charge in [0.15, 0.2) is 0 Å². The van der Waals surface area contributed by atoms with Crippen LogP contribution in [0.2, 0.25) is 0 Å². The average molecular weight is 197 g/mol. The molecule has 0 saturated heterocycles. The van der Waals surface area contributed by atoms with E-state index in [4.69, 9.17) is 0 Å². The molecule has 1 heterocycles. The Morgan fingerprint density at radius 2 is 2.07 bits per heavy atom. The molecule has 1 aromatic heterocycles. The van der Waals surface area contributed by atoms with Crippen LogP contribution < -0.4 is 5.32 Å². The fraction of sp³-hybridized carbons (Fsp3) is 0.700. The molecule has 4 heteroatoms. The van der Waals surface area contributed by atoms with Crippen LogP contribution >= 0.6 is 0 Å². The summed E-state index contributed by atoms with van der Waals surface area (Å²) in [4.78, 5) is 0. The van der Waals surface area contributed by atoms with E-state index in [1.165, 1.54) is 5.56 Å². The third kappa shape index (κ3) is 2.33. The molecule has 1 rings (SSSR count). The molecule has 0 fully saturated rings. The molecular formula is C10H19N3O. The van der Waals surface area contributed by atoms with Gasteiger partial charge in [0, 0.05) is 12.2 Å². The number of hydrogen-bond acceptors (Lipinski definition) is 3. The molecule has 1 unspecified atom stereocenters. The summed E-state index contributed by atoms with van der Waals surface area (Å²) in [5.41, 5.74) is 3.39. The average Bonchev–Trinajstić information content (AvgIpc) is 2.34. The minimum Gasteiger partial charge on any atom is -0.390 e. The van der Waals surface area contributed by atoms with Crippen LogP contribution in [-0.4, -0.2) is 34.6 Å². The Morgan fingerprint density at radius 1 is 1.43 bits per heavy atom. The summed E-state index contributed by atoms with van der Waals surface area (Å²) in [5, 5.41) is 16.9. The molecule has 0 amide bonds. The molecule has 0 aliphatic carbocycles. The van der Waals surface area contributed by atoms with Gasteiger partial charge in [0.2, 0.25) is 0 Å². The number of likely N-dealkylation sites (N-methyl/N-ethyl adjacent to an activating group) is 1. The summed E-state index contributed by atoms with van der Waals surface area (Å²) >= 11 is 0. The van der Waals surface area contributed by atoms with E-state index in [-0.39, 0.29) is 6.10 Å². The molecule has 0 aromatic carbocycles. The highest BCUT2D eigenvalue weighted by Gasteiger charge is 2.10. The van der Waals surface area contributed by atoms with Crippen molar-refractivity contribution in [3.05, 3.63) is 17.0 Å². The van der Waals surface area contributed by atoms with Crippen molar-refractivity contribution in [2.24, 2.45) is 0 Å². The van der Waals surface area contributed by atoms with Crippen molar-refractivity contribution >= 4 is 0 Å². The van der Waals surface area contributed by atoms with Gasteiger partial charge in [0.25, 0.3) is 0 Å². The third-order valence-electron chi connectivity index (χ3n) is 2.57. The first kappa shape index (κ1) is 11.2. The molecule has 0 bridgehead atoms. The first-order valence-corrected chi connectivity index (χ1v) is 4.89. The van der Waals surface area contributed by atoms with Crippen LogP contribution in [-0.2, 0) is 6.54 Å². The number of rotatable bonds is 4. The van der Waals surface area contributed by atoms with Gasteiger partial charge in [-0.05, 0) is 33.4 Å². The maximum absolute atomic E-state index is 9.60. The minimum absolute atomic E-state index is 0.377. The Labute approximate surface area is 84.9 Å². The quantitative estimate of drug-likeness (QED) is 0.734. The van der Waals surface area contributed by atoms with Gasteiger partial charge in [0.1, 0.15) is 0 Å². The number of aryl methyl sites for hydroxylation is 1. The van der Waals surface area contributed by atoms with Crippen molar-refractivity contribution < 1.29 is 5.11 Å². The van der Waals surface area contributed by atoms with E-state index in [2.05, 4.69) is 17.3 Å². The fourth-order valence-electron chi connectivity index (χ4n) is 1.46. The lowest BCUT2D eigenvalue weighted by molar-refractivity contribution is 0.148. The summed E-state index contributed by atoms with van der Waals surface area (Å²) in [6.07, 6.45) is -0.377. The number of aliphatic hydroxyl groups is 1. The predicted octanol–water partition coefficient (Wildman–Crippen LogP) is 0.389. The van der Waals surface area contributed by atoms with E-state index < -0.39 is 0 Å². The summed E-state index contributed by atoms with van der Waals surface area (Å²) in [6.45, 7) is 7.22. The molecule has 1 aromatic rings. The van der Waals surface area contributed by atoms with Gasteiger partial charge in [0.05, 0.1) is 18.3 Å². The van der Waals surface area contributed by atoms with Gasteiger partial charge in [-0.25, -0.2) is 0 Å². The lowest BCUT2D eigenvalue weighted by Gasteiger charge is -2.11. The smallest absolute Gasteiger partial charge is 0.0860 e. The van der Waals surface area contributed by atoms with E-state index in [9.17, 15) is 5.11 Å². The maximum atomic E-state index is 9.60. The second kappa shape index (κ2) is 4.57. The van der Waals surface area contributed by atoms with Gasteiger partial charge >= 0.3 is 0 Å². The summed E-state index contributed by atoms with van der Waals surface area (Å²) in [5.74, 6) is 0. The standard InChI is InChI=1S/C10H19N3O/c1-7-8(2)12-13(9(7)3)6-10(14)5-11-4/h10-11,14H,5-6H2,1-4H3. The Balaban J connectivity index is 2.72. The Morgan fingerprint density at radius 3 is 2.50 bits per heavy atom. The van der Waals surface area contributed by atoms with Crippen molar-refractivity contribution in [1.29, 1.82) is 0 Å². The summed E-state index contributed by atoms with van der Waals surface area (Å²) in [7, 11) is 1.83. The minimum atomic E-state index is -0.377. The van der Waals surface area contributed by atoms with Gasteiger partial charge in [-0.15, -0.1) is 0 Å². The van der Waals surface area contributed by atoms with Crippen LogP contribution in [0.4, 0.5) is 0 Å². The zero-order valence-electron chi connectivity index (χ0n) is 9.33. The monoisotopic (exact) mass is 197 g/mol. The normalized spacial score (nSPS) is 13.2. The first-order valence-electron chi connectivity index (χ1n) is 4.89. The molecule has 0 spiro atoms. The van der Waals surface area contributed by atoms with Crippen molar-refractivity contribution in [2.45, 2.75) is 33.4 Å². The first-order chi connectivity index (χ1) is 6.56. The second-order valence-corrected chi connectivity index (χ2v) is 3.69. The lowest BCUT2D eigenvalue weighted by atomic mass is 10.2. The molecule has 0 aliphatic rings. The van der Waals surface area contributed by atoms with Crippen LogP contribution in [0.15, 0.2) is 0 Å². The van der Waals surface area contributed by atoms with Crippen molar-refractivity contribution in [3.8, 4) is 0 Å². The number of nitrogens with one attached hydrogen (secondary N) is 1. The molecule has 14 heavy (non-hydrogen) atoms. The number of nitrogens with zero attached hydrogens (tertiary/aromatic N) is 2. The zero-order valence-corrected chi connectivity index (χ0v) is 9.33. The number of aliphatic hydroxyl groups excluding tert-OH is 1. The summed E-state index contributed by atoms with van der Waals surface area (Å²) in [6, 6.07) is 0. The Kier molecular flexibility index (Phi) is 3.66. The second-order valence-electron chi connectivity index (χ2n) is 3.69. The van der Waals surface area contributed by atoms with Crippen LogP contribution in [0.1, 0.15) is 17.0 Å². The van der Waals surface area contributed by atoms with Crippen LogP contribution in [0.25, 0.3) is 0 Å². The van der Waals surface area contributed by atoms with Crippen molar-refractivity contribution in [1.82, 2.24) is 15.1 Å². The van der Waals surface area contributed by atoms with E-state index in [1.807, 2.05) is 25.6 Å². The van der Waals surface area contributed by atoms with E-state index in [0.29, 0.717) is 13.1 Å². The molecule has 0 saturated carbocycles. The topological polar surface area (TPSA) is 50.1 Å². The van der Waals surface area contributed by atoms with Crippen LogP contribution in [0.3, 0.4) is 0 Å². The van der Waals surface area contributed by atoms with Gasteiger partial charge < -0.3 is 10.4 Å². The number of aromatic nitrogens is 2. The van der Waals surface area contributed by atoms with Gasteiger partial charge in [-0.3, -0.25) is 4.68 Å². The van der Waals surface area contributed by atoms with Crippen LogP contribution in [0.5, 0.6) is 0 Å². The highest BCUT2D eigenvalue weighted by molar-refractivity contribution is 5.22. The molecular weight excluding hydrogens is 178 g/mol. The predicted molar refractivity (Wildman–Crippen MR) is 56.4 cm³/mol. The summed E-state index contributed by atoms with van der Waals surface area (Å²) < 4.78 is 1.87. The highest BCUT2D eigenvalue weighted by atomic mass is 16.3. The molecule has 80 valence electrons. The van der Waals surface area contributed by atoms with Crippen molar-refractivity contribution in [3.63, 3.8) is 0 Å². The van der Waals surface area contributed by atoms with Gasteiger partial charge in [-0.1, -0.05) is 0 Å². The maximum Gasteiger partial charge on any atom is 0.0860 e. The molecule has 0 radical (unpaired) electrons. The molecule has 2 N–H and O–H groups in total. The fourth-order valence-corrected chi connectivity index (χ4v) is 1.46. The lowest BCUT2D eigenvalue weighted by Crippen LogP contribution is -2.28. The number of hydrogen-bond donors (Lipinski definition) is 2. The van der Waals surface area contributed by atoms with E-state index >= 15 is 0 Å². The molecule has 0 aliphatic heterocycles. The van der Waals surface area contributed by atoms with Crippen LogP contribution in [0, 0.1) is 20.8 Å². The zero-order chi connectivity index (χ0) is 10.7. The van der Waals surface area contributed by atoms with Gasteiger partial charge in [-0.2, -0.15) is 5.10 Å². The van der Waals surface area contributed by atoms with E-state index in [0.717, 1.165) is 11.4 Å². The largest absolute Gasteiger partial charge is 0.390 e. The Hall–Kier alpha value is -0.870.